The normalized spacial score (nSPS) is 17.8. The summed E-state index contributed by atoms with van der Waals surface area (Å²) in [6.07, 6.45) is 0. The summed E-state index contributed by atoms with van der Waals surface area (Å²) in [5, 5.41) is 4.34. The quantitative estimate of drug-likeness (QED) is 0.844. The van der Waals surface area contributed by atoms with E-state index in [0.717, 1.165) is 17.4 Å². The largest absolute Gasteiger partial charge is 0.462 e. The Morgan fingerprint density at radius 2 is 2.24 bits per heavy atom. The van der Waals surface area contributed by atoms with Gasteiger partial charge in [-0.1, -0.05) is 0 Å². The maximum atomic E-state index is 15.0. The predicted octanol–water partition coefficient (Wildman–Crippen LogP) is 2.51. The monoisotopic (exact) mass is 368 g/mol. The first kappa shape index (κ1) is 17.8. The highest BCUT2D eigenvalue weighted by Crippen LogP contribution is 2.32. The summed E-state index contributed by atoms with van der Waals surface area (Å²) in [5.74, 6) is -2.35. The van der Waals surface area contributed by atoms with Gasteiger partial charge in [0.2, 0.25) is 5.43 Å². The van der Waals surface area contributed by atoms with E-state index in [4.69, 9.17) is 4.74 Å². The smallest absolute Gasteiger partial charge is 0.342 e. The molecule has 1 aliphatic heterocycles. The van der Waals surface area contributed by atoms with E-state index in [9.17, 15) is 18.4 Å². The number of piperazine rings is 1. The molecule has 8 heteroatoms. The Morgan fingerprint density at radius 1 is 1.48 bits per heavy atom. The van der Waals surface area contributed by atoms with Crippen LogP contribution >= 0.6 is 11.3 Å². The minimum absolute atomic E-state index is 0.0423. The molecule has 134 valence electrons. The SMILES string of the molecule is CCOC(=O)c1csc2c(F)c(N3CCNC(C)C3)c(F)cc2c1=O. The molecule has 2 heterocycles. The minimum atomic E-state index is -0.801. The van der Waals surface area contributed by atoms with E-state index in [0.29, 0.717) is 19.6 Å². The first-order chi connectivity index (χ1) is 11.9. The molecule has 0 saturated carbocycles. The molecular weight excluding hydrogens is 350 g/mol. The molecule has 0 bridgehead atoms. The second kappa shape index (κ2) is 7.05. The Balaban J connectivity index is 2.13. The molecular formula is C17H18F2N2O3S. The number of hydrogen-bond acceptors (Lipinski definition) is 6. The standard InChI is InChI=1S/C17H18F2N2O3S/c1-3-24-17(23)11-8-25-16-10(15(11)22)6-12(18)14(13(16)19)21-5-4-20-9(2)7-21/h6,8-9,20H,3-5,7H2,1-2H3. The lowest BCUT2D eigenvalue weighted by Gasteiger charge is -2.34. The second-order valence-corrected chi connectivity index (χ2v) is 6.78. The lowest BCUT2D eigenvalue weighted by atomic mass is 10.1. The van der Waals surface area contributed by atoms with Gasteiger partial charge in [-0.05, 0) is 19.9 Å². The average molecular weight is 368 g/mol. The Bertz CT molecular complexity index is 884. The van der Waals surface area contributed by atoms with Gasteiger partial charge in [0, 0.05) is 36.4 Å². The summed E-state index contributed by atoms with van der Waals surface area (Å²) in [6.45, 7) is 5.23. The van der Waals surface area contributed by atoms with Crippen molar-refractivity contribution in [1.82, 2.24) is 5.32 Å². The number of fused-ring (bicyclic) bond motifs is 1. The van der Waals surface area contributed by atoms with Crippen LogP contribution in [0.4, 0.5) is 14.5 Å². The fraction of sp³-hybridized carbons (Fsp3) is 0.412. The van der Waals surface area contributed by atoms with Crippen molar-refractivity contribution in [2.24, 2.45) is 0 Å². The third kappa shape index (κ3) is 3.23. The van der Waals surface area contributed by atoms with Gasteiger partial charge in [-0.25, -0.2) is 13.6 Å². The van der Waals surface area contributed by atoms with E-state index in [1.807, 2.05) is 6.92 Å². The Labute approximate surface area is 147 Å². The van der Waals surface area contributed by atoms with Gasteiger partial charge in [0.25, 0.3) is 0 Å². The number of carbonyl (C=O) groups is 1. The third-order valence-corrected chi connectivity index (χ3v) is 5.10. The number of ether oxygens (including phenoxy) is 1. The summed E-state index contributed by atoms with van der Waals surface area (Å²) in [7, 11) is 0. The zero-order valence-electron chi connectivity index (χ0n) is 13.9. The summed E-state index contributed by atoms with van der Waals surface area (Å²) in [4.78, 5) is 25.9. The van der Waals surface area contributed by atoms with Crippen LogP contribution in [0.1, 0.15) is 24.2 Å². The van der Waals surface area contributed by atoms with Crippen molar-refractivity contribution in [2.75, 3.05) is 31.1 Å². The number of anilines is 1. The summed E-state index contributed by atoms with van der Waals surface area (Å²) in [6, 6.07) is 1.12. The maximum absolute atomic E-state index is 15.0. The van der Waals surface area contributed by atoms with Crippen LogP contribution in [0.2, 0.25) is 0 Å². The molecule has 5 nitrogen and oxygen atoms in total. The zero-order chi connectivity index (χ0) is 18.1. The van der Waals surface area contributed by atoms with E-state index in [1.165, 1.54) is 5.38 Å². The maximum Gasteiger partial charge on any atom is 0.342 e. The molecule has 2 aromatic rings. The van der Waals surface area contributed by atoms with Crippen LogP contribution in [0, 0.1) is 11.6 Å². The van der Waals surface area contributed by atoms with E-state index < -0.39 is 23.0 Å². The number of nitrogens with zero attached hydrogens (tertiary/aromatic N) is 1. The minimum Gasteiger partial charge on any atom is -0.462 e. The van der Waals surface area contributed by atoms with Crippen molar-refractivity contribution in [3.8, 4) is 0 Å². The summed E-state index contributed by atoms with van der Waals surface area (Å²) < 4.78 is 34.4. The summed E-state index contributed by atoms with van der Waals surface area (Å²) in [5.41, 5.74) is -1.05. The van der Waals surface area contributed by atoms with Gasteiger partial charge in [0.15, 0.2) is 5.82 Å². The van der Waals surface area contributed by atoms with Crippen LogP contribution in [-0.4, -0.2) is 38.3 Å². The number of benzene rings is 1. The average Bonchev–Trinajstić information content (AvgIpc) is 2.56. The highest BCUT2D eigenvalue weighted by atomic mass is 32.1. The molecule has 0 radical (unpaired) electrons. The van der Waals surface area contributed by atoms with Crippen LogP contribution in [0.3, 0.4) is 0 Å². The predicted molar refractivity (Wildman–Crippen MR) is 93.6 cm³/mol. The Kier molecular flexibility index (Phi) is 5.01. The first-order valence-corrected chi connectivity index (χ1v) is 8.91. The molecule has 1 aliphatic rings. The number of hydrogen-bond donors (Lipinski definition) is 1. The Morgan fingerprint density at radius 3 is 2.92 bits per heavy atom. The van der Waals surface area contributed by atoms with Crippen molar-refractivity contribution >= 4 is 33.1 Å². The van der Waals surface area contributed by atoms with Gasteiger partial charge in [-0.3, -0.25) is 4.79 Å². The molecule has 0 aliphatic carbocycles. The van der Waals surface area contributed by atoms with Gasteiger partial charge in [0.1, 0.15) is 17.1 Å². The van der Waals surface area contributed by atoms with Crippen molar-refractivity contribution in [2.45, 2.75) is 19.9 Å². The van der Waals surface area contributed by atoms with Crippen molar-refractivity contribution < 1.29 is 18.3 Å². The number of nitrogens with one attached hydrogen (secondary N) is 1. The third-order valence-electron chi connectivity index (χ3n) is 4.11. The lowest BCUT2D eigenvalue weighted by molar-refractivity contribution is 0.0525. The molecule has 1 unspecified atom stereocenters. The first-order valence-electron chi connectivity index (χ1n) is 8.03. The van der Waals surface area contributed by atoms with Gasteiger partial charge < -0.3 is 15.0 Å². The highest BCUT2D eigenvalue weighted by Gasteiger charge is 2.26. The molecule has 0 amide bonds. The summed E-state index contributed by atoms with van der Waals surface area (Å²) >= 11 is 0.901. The van der Waals surface area contributed by atoms with Crippen molar-refractivity contribution in [3.63, 3.8) is 0 Å². The fourth-order valence-electron chi connectivity index (χ4n) is 2.97. The van der Waals surface area contributed by atoms with Gasteiger partial charge >= 0.3 is 5.97 Å². The molecule has 1 fully saturated rings. The molecule has 1 aromatic heterocycles. The zero-order valence-corrected chi connectivity index (χ0v) is 14.7. The molecule has 1 atom stereocenters. The van der Waals surface area contributed by atoms with Crippen LogP contribution in [0.5, 0.6) is 0 Å². The highest BCUT2D eigenvalue weighted by molar-refractivity contribution is 7.16. The van der Waals surface area contributed by atoms with Crippen LogP contribution in [0.25, 0.3) is 10.1 Å². The van der Waals surface area contributed by atoms with E-state index in [-0.39, 0.29) is 34.0 Å². The molecule has 1 N–H and O–H groups in total. The lowest BCUT2D eigenvalue weighted by Crippen LogP contribution is -2.49. The van der Waals surface area contributed by atoms with Crippen LogP contribution < -0.4 is 15.6 Å². The van der Waals surface area contributed by atoms with Crippen LogP contribution in [-0.2, 0) is 4.74 Å². The number of carbonyl (C=O) groups excluding carboxylic acids is 1. The van der Waals surface area contributed by atoms with E-state index in [1.54, 1.807) is 11.8 Å². The van der Waals surface area contributed by atoms with Gasteiger partial charge in [0.05, 0.1) is 11.3 Å². The van der Waals surface area contributed by atoms with Crippen LogP contribution in [0.15, 0.2) is 16.2 Å². The topological polar surface area (TPSA) is 58.6 Å². The van der Waals surface area contributed by atoms with Crippen molar-refractivity contribution in [3.05, 3.63) is 38.9 Å². The van der Waals surface area contributed by atoms with Gasteiger partial charge in [-0.15, -0.1) is 11.3 Å². The van der Waals surface area contributed by atoms with E-state index in [2.05, 4.69) is 5.32 Å². The molecule has 1 aromatic carbocycles. The Hall–Kier alpha value is -2.06. The molecule has 1 saturated heterocycles. The fourth-order valence-corrected chi connectivity index (χ4v) is 3.88. The van der Waals surface area contributed by atoms with Crippen molar-refractivity contribution in [1.29, 1.82) is 0 Å². The molecule has 25 heavy (non-hydrogen) atoms. The number of esters is 1. The van der Waals surface area contributed by atoms with Gasteiger partial charge in [-0.2, -0.15) is 0 Å². The number of halogens is 2. The number of rotatable bonds is 3. The molecule has 0 spiro atoms. The van der Waals surface area contributed by atoms with E-state index >= 15 is 0 Å². The second-order valence-electron chi connectivity index (χ2n) is 5.90. The molecule has 3 rings (SSSR count).